The summed E-state index contributed by atoms with van der Waals surface area (Å²) in [5.41, 5.74) is 2.31. The van der Waals surface area contributed by atoms with Crippen molar-refractivity contribution >= 4 is 21.8 Å². The van der Waals surface area contributed by atoms with Gasteiger partial charge in [-0.3, -0.25) is 4.79 Å². The Kier molecular flexibility index (Phi) is 5.45. The van der Waals surface area contributed by atoms with Gasteiger partial charge < -0.3 is 10.5 Å². The second-order valence-electron chi connectivity index (χ2n) is 7.61. The van der Waals surface area contributed by atoms with Crippen molar-refractivity contribution in [1.29, 1.82) is 0 Å². The van der Waals surface area contributed by atoms with Crippen molar-refractivity contribution in [3.63, 3.8) is 0 Å². The molecule has 8 nitrogen and oxygen atoms in total. The number of aromatic nitrogens is 1. The highest BCUT2D eigenvalue weighted by atomic mass is 32.2. The summed E-state index contributed by atoms with van der Waals surface area (Å²) in [6.07, 6.45) is 0.889. The number of nitrogens with zero attached hydrogens (tertiary/aromatic N) is 3. The van der Waals surface area contributed by atoms with Crippen LogP contribution in [0.4, 0.5) is 13.2 Å². The Labute approximate surface area is 182 Å². The monoisotopic (exact) mass is 468 g/mol. The van der Waals surface area contributed by atoms with E-state index in [1.165, 1.54) is 19.2 Å². The van der Waals surface area contributed by atoms with Gasteiger partial charge >= 0.3 is 0 Å². The fourth-order valence-electron chi connectivity index (χ4n) is 4.00. The Morgan fingerprint density at radius 3 is 2.75 bits per heavy atom. The summed E-state index contributed by atoms with van der Waals surface area (Å²) in [5.74, 6) is -3.86. The third-order valence-electron chi connectivity index (χ3n) is 5.58. The molecule has 1 fully saturated rings. The zero-order valence-electron chi connectivity index (χ0n) is 16.9. The van der Waals surface area contributed by atoms with Gasteiger partial charge in [-0.15, -0.1) is 0 Å². The highest BCUT2D eigenvalue weighted by Crippen LogP contribution is 2.45. The minimum absolute atomic E-state index is 0.0975. The van der Waals surface area contributed by atoms with Crippen molar-refractivity contribution < 1.29 is 31.1 Å². The largest absolute Gasteiger partial charge is 0.369 e. The molecule has 2 atom stereocenters. The number of guanidine groups is 1. The second kappa shape index (κ2) is 7.85. The highest BCUT2D eigenvalue weighted by Gasteiger charge is 2.56. The lowest BCUT2D eigenvalue weighted by molar-refractivity contribution is 0.000551. The molecule has 1 unspecified atom stereocenters. The standard InChI is InChI=1S/C20H19F3N4O4S/c1-27-19(24)26-20(5-2-6-31-18(20)32(27,29)30)13-7-11(3-4-14(13)22)8-16(28)17-15(23)9-12(21)10-25-17/h3-4,7,9-10,18H,2,5-6,8H2,1H3,(H2,24,26)/t18?,20-/m1/s1. The van der Waals surface area contributed by atoms with Crippen LogP contribution in [0.3, 0.4) is 0 Å². The number of ether oxygens (including phenoxy) is 1. The lowest BCUT2D eigenvalue weighted by Crippen LogP contribution is -2.60. The molecule has 0 amide bonds. The van der Waals surface area contributed by atoms with E-state index in [-0.39, 0.29) is 36.5 Å². The number of halogens is 3. The van der Waals surface area contributed by atoms with E-state index in [0.29, 0.717) is 12.5 Å². The average Bonchev–Trinajstić information content (AvgIpc) is 2.73. The molecule has 1 aromatic carbocycles. The predicted octanol–water partition coefficient (Wildman–Crippen LogP) is 1.85. The molecule has 12 heteroatoms. The number of fused-ring (bicyclic) bond motifs is 1. The molecule has 2 aliphatic heterocycles. The van der Waals surface area contributed by atoms with Crippen LogP contribution in [0.25, 0.3) is 0 Å². The van der Waals surface area contributed by atoms with E-state index in [9.17, 15) is 26.4 Å². The number of pyridine rings is 1. The Hall–Kier alpha value is -2.99. The fourth-order valence-corrected chi connectivity index (χ4v) is 5.65. The van der Waals surface area contributed by atoms with E-state index < -0.39 is 49.9 Å². The molecular weight excluding hydrogens is 449 g/mol. The van der Waals surface area contributed by atoms with Crippen molar-refractivity contribution in [2.75, 3.05) is 13.7 Å². The number of ketones is 1. The smallest absolute Gasteiger partial charge is 0.267 e. The Balaban J connectivity index is 1.77. The van der Waals surface area contributed by atoms with Crippen LogP contribution in [0.2, 0.25) is 0 Å². The summed E-state index contributed by atoms with van der Waals surface area (Å²) < 4.78 is 74.2. The van der Waals surface area contributed by atoms with Gasteiger partial charge in [0, 0.05) is 31.7 Å². The van der Waals surface area contributed by atoms with Crippen LogP contribution >= 0.6 is 0 Å². The maximum Gasteiger partial charge on any atom is 0.267 e. The molecule has 3 heterocycles. The predicted molar refractivity (Wildman–Crippen MR) is 108 cm³/mol. The number of nitrogens with two attached hydrogens (primary N) is 1. The number of rotatable bonds is 4. The molecule has 170 valence electrons. The summed E-state index contributed by atoms with van der Waals surface area (Å²) in [4.78, 5) is 20.3. The molecule has 32 heavy (non-hydrogen) atoms. The quantitative estimate of drug-likeness (QED) is 0.685. The van der Waals surface area contributed by atoms with Gasteiger partial charge in [-0.25, -0.2) is 35.9 Å². The van der Waals surface area contributed by atoms with E-state index in [1.54, 1.807) is 0 Å². The summed E-state index contributed by atoms with van der Waals surface area (Å²) in [6.45, 7) is 0.143. The van der Waals surface area contributed by atoms with Gasteiger partial charge in [0.05, 0.1) is 6.20 Å². The number of benzene rings is 1. The van der Waals surface area contributed by atoms with Gasteiger partial charge in [0.25, 0.3) is 10.0 Å². The van der Waals surface area contributed by atoms with Gasteiger partial charge in [0.15, 0.2) is 11.6 Å². The van der Waals surface area contributed by atoms with Crippen molar-refractivity contribution in [2.45, 2.75) is 30.2 Å². The molecule has 2 aromatic rings. The van der Waals surface area contributed by atoms with E-state index >= 15 is 0 Å². The first-order valence-corrected chi connectivity index (χ1v) is 11.1. The van der Waals surface area contributed by atoms with Crippen LogP contribution in [0.5, 0.6) is 0 Å². The number of Topliss-reactive ketones (excluding diaryl/α,β-unsaturated/α-hetero) is 1. The SMILES string of the molecule is CN1C(N)=N[C@@]2(c3cc(CC(=O)c4ncc(F)cc4F)ccc3F)CCCOC2S1(=O)=O. The Morgan fingerprint density at radius 1 is 1.28 bits per heavy atom. The lowest BCUT2D eigenvalue weighted by Gasteiger charge is -2.45. The fraction of sp³-hybridized carbons (Fsp3) is 0.350. The van der Waals surface area contributed by atoms with Crippen LogP contribution in [0.15, 0.2) is 35.5 Å². The van der Waals surface area contributed by atoms with Crippen molar-refractivity contribution in [3.05, 3.63) is 64.7 Å². The maximum absolute atomic E-state index is 15.0. The lowest BCUT2D eigenvalue weighted by atomic mass is 9.83. The normalized spacial score (nSPS) is 24.6. The molecule has 0 spiro atoms. The van der Waals surface area contributed by atoms with Gasteiger partial charge in [-0.2, -0.15) is 0 Å². The second-order valence-corrected chi connectivity index (χ2v) is 9.62. The Bertz CT molecular complexity index is 1240. The topological polar surface area (TPSA) is 115 Å². The van der Waals surface area contributed by atoms with Gasteiger partial charge in [0.1, 0.15) is 22.9 Å². The average molecular weight is 468 g/mol. The van der Waals surface area contributed by atoms with E-state index in [0.717, 1.165) is 16.6 Å². The van der Waals surface area contributed by atoms with Gasteiger partial charge in [0.2, 0.25) is 11.4 Å². The van der Waals surface area contributed by atoms with Crippen LogP contribution in [-0.4, -0.2) is 48.5 Å². The molecule has 1 aromatic heterocycles. The Morgan fingerprint density at radius 2 is 2.03 bits per heavy atom. The van der Waals surface area contributed by atoms with Crippen molar-refractivity contribution in [1.82, 2.24) is 9.29 Å². The molecule has 0 aliphatic carbocycles. The molecule has 2 N–H and O–H groups in total. The van der Waals surface area contributed by atoms with Crippen LogP contribution < -0.4 is 5.73 Å². The minimum atomic E-state index is -4.10. The third kappa shape index (κ3) is 3.52. The zero-order chi connectivity index (χ0) is 23.3. The van der Waals surface area contributed by atoms with Crippen LogP contribution in [0.1, 0.15) is 34.5 Å². The molecular formula is C20H19F3N4O4S. The molecule has 4 rings (SSSR count). The van der Waals surface area contributed by atoms with Crippen LogP contribution in [0, 0.1) is 17.5 Å². The molecule has 0 bridgehead atoms. The number of aliphatic imine (C=N–C) groups is 1. The van der Waals surface area contributed by atoms with Crippen LogP contribution in [-0.2, 0) is 26.7 Å². The first kappa shape index (κ1) is 22.2. The van der Waals surface area contributed by atoms with E-state index in [2.05, 4.69) is 9.98 Å². The maximum atomic E-state index is 15.0. The third-order valence-corrected chi connectivity index (χ3v) is 7.60. The first-order valence-electron chi connectivity index (χ1n) is 9.64. The molecule has 0 radical (unpaired) electrons. The van der Waals surface area contributed by atoms with E-state index in [4.69, 9.17) is 10.5 Å². The first-order chi connectivity index (χ1) is 15.1. The summed E-state index contributed by atoms with van der Waals surface area (Å²) >= 11 is 0. The van der Waals surface area contributed by atoms with Crippen molar-refractivity contribution in [3.8, 4) is 0 Å². The minimum Gasteiger partial charge on any atom is -0.369 e. The summed E-state index contributed by atoms with van der Waals surface area (Å²) in [6, 6.07) is 4.22. The molecule has 0 saturated carbocycles. The van der Waals surface area contributed by atoms with Gasteiger partial charge in [-0.05, 0) is 30.5 Å². The number of carbonyl (C=O) groups excluding carboxylic acids is 1. The summed E-state index contributed by atoms with van der Waals surface area (Å²) in [5, 5.41) is 0. The highest BCUT2D eigenvalue weighted by molar-refractivity contribution is 7.90. The number of hydrogen-bond donors (Lipinski definition) is 1. The number of carbonyl (C=O) groups is 1. The van der Waals surface area contributed by atoms with Gasteiger partial charge in [-0.1, -0.05) is 6.07 Å². The van der Waals surface area contributed by atoms with E-state index in [1.807, 2.05) is 0 Å². The summed E-state index contributed by atoms with van der Waals surface area (Å²) in [7, 11) is -2.87. The van der Waals surface area contributed by atoms with Crippen molar-refractivity contribution in [2.24, 2.45) is 10.7 Å². The number of hydrogen-bond acceptors (Lipinski definition) is 7. The zero-order valence-corrected chi connectivity index (χ0v) is 17.7. The number of sulfonamides is 1. The molecule has 2 aliphatic rings. The molecule has 1 saturated heterocycles.